The normalized spacial score (nSPS) is 19.1. The molecule has 1 aromatic rings. The van der Waals surface area contributed by atoms with Crippen LogP contribution >= 0.6 is 0 Å². The first-order valence-corrected chi connectivity index (χ1v) is 9.21. The fourth-order valence-corrected chi connectivity index (χ4v) is 3.04. The van der Waals surface area contributed by atoms with Crippen LogP contribution in [0.1, 0.15) is 38.2 Å². The number of phenolic OH excluding ortho intramolecular Hbond substituents is 1. The van der Waals surface area contributed by atoms with Crippen molar-refractivity contribution in [2.75, 3.05) is 13.7 Å². The van der Waals surface area contributed by atoms with Gasteiger partial charge in [0.2, 0.25) is 0 Å². The molecule has 3 N–H and O–H groups in total. The Kier molecular flexibility index (Phi) is 7.86. The van der Waals surface area contributed by atoms with Gasteiger partial charge < -0.3 is 19.9 Å². The van der Waals surface area contributed by atoms with Crippen LogP contribution in [-0.2, 0) is 14.3 Å². The molecule has 0 saturated heterocycles. The summed E-state index contributed by atoms with van der Waals surface area (Å²) in [6, 6.07) is 4.04. The van der Waals surface area contributed by atoms with Crippen LogP contribution in [0.5, 0.6) is 11.5 Å². The molecule has 0 bridgehead atoms. The van der Waals surface area contributed by atoms with Gasteiger partial charge in [-0.15, -0.1) is 0 Å². The topological polar surface area (TPSA) is 114 Å². The average molecular weight is 390 g/mol. The molecular weight excluding hydrogens is 364 g/mol. The fourth-order valence-electron chi connectivity index (χ4n) is 3.04. The fraction of sp³-hybridized carbons (Fsp3) is 0.450. The van der Waals surface area contributed by atoms with E-state index in [0.717, 1.165) is 31.8 Å². The summed E-state index contributed by atoms with van der Waals surface area (Å²) in [7, 11) is 1.42. The van der Waals surface area contributed by atoms with Gasteiger partial charge in [-0.2, -0.15) is 0 Å². The molecule has 1 fully saturated rings. The second-order valence-electron chi connectivity index (χ2n) is 6.76. The number of phenols is 1. The summed E-state index contributed by atoms with van der Waals surface area (Å²) in [6.45, 7) is 1.51. The molecule has 0 spiro atoms. The van der Waals surface area contributed by atoms with E-state index in [2.05, 4.69) is 17.6 Å². The lowest BCUT2D eigenvalue weighted by Crippen LogP contribution is -2.48. The first-order chi connectivity index (χ1) is 13.4. The molecule has 0 radical (unpaired) electrons. The first kappa shape index (κ1) is 21.3. The maximum atomic E-state index is 11.9. The lowest BCUT2D eigenvalue weighted by molar-refractivity contribution is -0.143. The van der Waals surface area contributed by atoms with E-state index in [9.17, 15) is 19.5 Å². The summed E-state index contributed by atoms with van der Waals surface area (Å²) < 4.78 is 9.80. The lowest BCUT2D eigenvalue weighted by atomic mass is 9.86. The van der Waals surface area contributed by atoms with E-state index in [1.807, 2.05) is 0 Å². The number of urea groups is 1. The quantitative estimate of drug-likeness (QED) is 0.508. The third kappa shape index (κ3) is 6.61. The lowest BCUT2D eigenvalue weighted by Gasteiger charge is -2.29. The van der Waals surface area contributed by atoms with Gasteiger partial charge in [-0.25, -0.2) is 9.59 Å². The molecule has 0 aromatic heterocycles. The van der Waals surface area contributed by atoms with Crippen LogP contribution in [0.15, 0.2) is 24.3 Å². The van der Waals surface area contributed by atoms with Gasteiger partial charge in [-0.05, 0) is 42.5 Å². The molecular formula is C20H26N2O6. The molecule has 0 unspecified atom stereocenters. The Morgan fingerprint density at radius 3 is 2.71 bits per heavy atom. The van der Waals surface area contributed by atoms with Gasteiger partial charge in [-0.3, -0.25) is 10.1 Å². The number of nitrogens with one attached hydrogen (secondary N) is 2. The van der Waals surface area contributed by atoms with E-state index in [-0.39, 0.29) is 17.5 Å². The molecule has 0 aliphatic heterocycles. The van der Waals surface area contributed by atoms with Gasteiger partial charge in [0.1, 0.15) is 0 Å². The van der Waals surface area contributed by atoms with Gasteiger partial charge >= 0.3 is 12.0 Å². The highest BCUT2D eigenvalue weighted by molar-refractivity contribution is 5.96. The summed E-state index contributed by atoms with van der Waals surface area (Å²) >= 11 is 0. The van der Waals surface area contributed by atoms with E-state index in [4.69, 9.17) is 9.47 Å². The third-order valence-corrected chi connectivity index (χ3v) is 4.64. The van der Waals surface area contributed by atoms with Gasteiger partial charge in [0.15, 0.2) is 18.1 Å². The molecule has 1 aromatic carbocycles. The Balaban J connectivity index is 1.74. The highest BCUT2D eigenvalue weighted by atomic mass is 16.5. The SMILES string of the molecule is COc1cc(/C=C/C(=O)OCC(=O)NC(=O)N[C@@H]2CCCC[C@@H]2C)ccc1O. The van der Waals surface area contributed by atoms with E-state index in [0.29, 0.717) is 11.5 Å². The van der Waals surface area contributed by atoms with Crippen LogP contribution < -0.4 is 15.4 Å². The number of hydrogen-bond acceptors (Lipinski definition) is 6. The van der Waals surface area contributed by atoms with Crippen molar-refractivity contribution >= 4 is 24.0 Å². The smallest absolute Gasteiger partial charge is 0.331 e. The average Bonchev–Trinajstić information content (AvgIpc) is 2.67. The number of carbonyl (C=O) groups is 3. The van der Waals surface area contributed by atoms with Crippen molar-refractivity contribution in [2.45, 2.75) is 38.6 Å². The molecule has 8 nitrogen and oxygen atoms in total. The molecule has 2 rings (SSSR count). The predicted octanol–water partition coefficient (Wildman–Crippen LogP) is 2.36. The summed E-state index contributed by atoms with van der Waals surface area (Å²) in [5.74, 6) is -0.804. The molecule has 152 valence electrons. The highest BCUT2D eigenvalue weighted by Crippen LogP contribution is 2.26. The molecule has 3 amide bonds. The summed E-state index contributed by atoms with van der Waals surface area (Å²) in [6.07, 6.45) is 6.75. The van der Waals surface area contributed by atoms with E-state index >= 15 is 0 Å². The summed E-state index contributed by atoms with van der Waals surface area (Å²) in [5.41, 5.74) is 0.608. The van der Waals surface area contributed by atoms with Crippen LogP contribution in [0.3, 0.4) is 0 Å². The van der Waals surface area contributed by atoms with Crippen molar-refractivity contribution in [3.05, 3.63) is 29.8 Å². The van der Waals surface area contributed by atoms with Gasteiger partial charge in [0.05, 0.1) is 7.11 Å². The van der Waals surface area contributed by atoms with E-state index in [1.165, 1.54) is 19.3 Å². The molecule has 1 aliphatic carbocycles. The number of esters is 1. The number of carbonyl (C=O) groups excluding carboxylic acids is 3. The van der Waals surface area contributed by atoms with E-state index < -0.39 is 24.5 Å². The Morgan fingerprint density at radius 2 is 2.00 bits per heavy atom. The Bertz CT molecular complexity index is 746. The number of rotatable bonds is 6. The van der Waals surface area contributed by atoms with Crippen molar-refractivity contribution in [3.8, 4) is 11.5 Å². The second kappa shape index (κ2) is 10.3. The minimum atomic E-state index is -0.733. The molecule has 2 atom stereocenters. The largest absolute Gasteiger partial charge is 0.504 e. The third-order valence-electron chi connectivity index (χ3n) is 4.64. The predicted molar refractivity (Wildman–Crippen MR) is 103 cm³/mol. The van der Waals surface area contributed by atoms with E-state index in [1.54, 1.807) is 12.1 Å². The monoisotopic (exact) mass is 390 g/mol. The Morgan fingerprint density at radius 1 is 1.25 bits per heavy atom. The maximum Gasteiger partial charge on any atom is 0.331 e. The minimum Gasteiger partial charge on any atom is -0.504 e. The molecule has 8 heteroatoms. The van der Waals surface area contributed by atoms with Crippen LogP contribution in [0.25, 0.3) is 6.08 Å². The van der Waals surface area contributed by atoms with Crippen molar-refractivity contribution < 1.29 is 29.0 Å². The number of aromatic hydroxyl groups is 1. The van der Waals surface area contributed by atoms with Crippen LogP contribution in [0, 0.1) is 5.92 Å². The molecule has 28 heavy (non-hydrogen) atoms. The van der Waals surface area contributed by atoms with Crippen LogP contribution in [-0.4, -0.2) is 42.8 Å². The zero-order valence-electron chi connectivity index (χ0n) is 16.1. The van der Waals surface area contributed by atoms with Crippen molar-refractivity contribution in [3.63, 3.8) is 0 Å². The minimum absolute atomic E-state index is 0.0141. The molecule has 1 aliphatic rings. The highest BCUT2D eigenvalue weighted by Gasteiger charge is 2.23. The standard InChI is InChI=1S/C20H26N2O6/c1-13-5-3-4-6-15(13)21-20(26)22-18(24)12-28-19(25)10-8-14-7-9-16(23)17(11-14)27-2/h7-11,13,15,23H,3-6,12H2,1-2H3,(H2,21,22,24,26)/b10-8+/t13-,15+/m0/s1. The van der Waals surface area contributed by atoms with Crippen LogP contribution in [0.2, 0.25) is 0 Å². The zero-order valence-corrected chi connectivity index (χ0v) is 16.1. The van der Waals surface area contributed by atoms with Crippen LogP contribution in [0.4, 0.5) is 4.79 Å². The second-order valence-corrected chi connectivity index (χ2v) is 6.76. The number of methoxy groups -OCH3 is 1. The summed E-state index contributed by atoms with van der Waals surface area (Å²) in [4.78, 5) is 35.4. The number of hydrogen-bond donors (Lipinski definition) is 3. The molecule has 1 saturated carbocycles. The van der Waals surface area contributed by atoms with Crippen molar-refractivity contribution in [1.82, 2.24) is 10.6 Å². The Hall–Kier alpha value is -3.03. The van der Waals surface area contributed by atoms with Crippen molar-refractivity contribution in [2.24, 2.45) is 5.92 Å². The first-order valence-electron chi connectivity index (χ1n) is 9.21. The summed E-state index contributed by atoms with van der Waals surface area (Å²) in [5, 5.41) is 14.5. The maximum absolute atomic E-state index is 11.9. The Labute approximate surface area is 163 Å². The number of benzene rings is 1. The van der Waals surface area contributed by atoms with Gasteiger partial charge in [0, 0.05) is 12.1 Å². The van der Waals surface area contributed by atoms with Gasteiger partial charge in [0.25, 0.3) is 5.91 Å². The number of ether oxygens (including phenoxy) is 2. The molecule has 0 heterocycles. The van der Waals surface area contributed by atoms with Gasteiger partial charge in [-0.1, -0.05) is 25.8 Å². The van der Waals surface area contributed by atoms with Crippen molar-refractivity contribution in [1.29, 1.82) is 0 Å². The number of imide groups is 1. The number of amides is 3. The zero-order chi connectivity index (χ0) is 20.5.